The Morgan fingerprint density at radius 1 is 1.18 bits per heavy atom. The third-order valence-corrected chi connectivity index (χ3v) is 6.64. The Bertz CT molecular complexity index is 1080. The van der Waals surface area contributed by atoms with Gasteiger partial charge in [-0.2, -0.15) is 0 Å². The highest BCUT2D eigenvalue weighted by Crippen LogP contribution is 2.56. The quantitative estimate of drug-likeness (QED) is 0.417. The standard InChI is InChI=1S/C21H20Cl2N2O3/c1-11-8-12(2)18-14(9-11)20(3,4)21(24(18)5)7-6-13-16(28-21)10-15(22)19(17(13)23)25(26)27/h6-10H,1-5H3. The molecule has 5 nitrogen and oxygen atoms in total. The summed E-state index contributed by atoms with van der Waals surface area (Å²) in [5.41, 5.74) is 3.66. The maximum absolute atomic E-state index is 11.3. The molecule has 1 spiro atoms. The zero-order valence-electron chi connectivity index (χ0n) is 16.3. The molecule has 2 aromatic rings. The van der Waals surface area contributed by atoms with Crippen LogP contribution in [0.25, 0.3) is 6.08 Å². The van der Waals surface area contributed by atoms with Crippen LogP contribution >= 0.6 is 23.2 Å². The molecule has 0 amide bonds. The molecular formula is C21H20Cl2N2O3. The van der Waals surface area contributed by atoms with Crippen molar-refractivity contribution in [3.05, 3.63) is 66.7 Å². The van der Waals surface area contributed by atoms with E-state index in [9.17, 15) is 10.1 Å². The van der Waals surface area contributed by atoms with E-state index in [2.05, 4.69) is 44.7 Å². The van der Waals surface area contributed by atoms with Crippen molar-refractivity contribution in [2.24, 2.45) is 0 Å². The first-order valence-corrected chi connectivity index (χ1v) is 9.67. The number of hydrogen-bond acceptors (Lipinski definition) is 4. The summed E-state index contributed by atoms with van der Waals surface area (Å²) in [7, 11) is 2.00. The number of rotatable bonds is 1. The van der Waals surface area contributed by atoms with Gasteiger partial charge < -0.3 is 9.64 Å². The van der Waals surface area contributed by atoms with Crippen molar-refractivity contribution in [2.75, 3.05) is 11.9 Å². The minimum Gasteiger partial charge on any atom is -0.463 e. The van der Waals surface area contributed by atoms with E-state index in [-0.39, 0.29) is 21.1 Å². The molecule has 0 aliphatic carbocycles. The predicted molar refractivity (Wildman–Crippen MR) is 113 cm³/mol. The van der Waals surface area contributed by atoms with Gasteiger partial charge in [0.2, 0.25) is 5.72 Å². The Morgan fingerprint density at radius 3 is 2.50 bits per heavy atom. The lowest BCUT2D eigenvalue weighted by Gasteiger charge is -2.46. The average molecular weight is 419 g/mol. The first-order valence-electron chi connectivity index (χ1n) is 8.91. The fraction of sp³-hybridized carbons (Fsp3) is 0.333. The molecule has 0 saturated carbocycles. The third-order valence-electron chi connectivity index (χ3n) is 5.97. The van der Waals surface area contributed by atoms with E-state index in [0.29, 0.717) is 11.3 Å². The van der Waals surface area contributed by atoms with Crippen LogP contribution in [0.3, 0.4) is 0 Å². The lowest BCUT2D eigenvalue weighted by molar-refractivity contribution is -0.384. The minimum absolute atomic E-state index is 0.0124. The topological polar surface area (TPSA) is 55.6 Å². The summed E-state index contributed by atoms with van der Waals surface area (Å²) in [6.45, 7) is 8.45. The van der Waals surface area contributed by atoms with E-state index < -0.39 is 10.6 Å². The summed E-state index contributed by atoms with van der Waals surface area (Å²) in [6, 6.07) is 5.83. The van der Waals surface area contributed by atoms with E-state index in [0.717, 1.165) is 5.69 Å². The molecule has 0 N–H and O–H groups in total. The molecule has 0 aromatic heterocycles. The Hall–Kier alpha value is -2.24. The second-order valence-corrected chi connectivity index (χ2v) is 8.77. The van der Waals surface area contributed by atoms with Gasteiger partial charge in [-0.1, -0.05) is 40.9 Å². The van der Waals surface area contributed by atoms with E-state index >= 15 is 0 Å². The van der Waals surface area contributed by atoms with Gasteiger partial charge in [-0.3, -0.25) is 10.1 Å². The monoisotopic (exact) mass is 418 g/mol. The molecule has 2 aliphatic heterocycles. The summed E-state index contributed by atoms with van der Waals surface area (Å²) < 4.78 is 6.53. The van der Waals surface area contributed by atoms with Crippen LogP contribution in [0.2, 0.25) is 10.0 Å². The van der Waals surface area contributed by atoms with Crippen LogP contribution in [0.15, 0.2) is 24.3 Å². The van der Waals surface area contributed by atoms with Crippen molar-refractivity contribution >= 4 is 40.7 Å². The average Bonchev–Trinajstić information content (AvgIpc) is 2.73. The molecule has 2 aliphatic rings. The predicted octanol–water partition coefficient (Wildman–Crippen LogP) is 6.05. The van der Waals surface area contributed by atoms with Crippen LogP contribution in [-0.4, -0.2) is 17.7 Å². The second kappa shape index (κ2) is 5.88. The third kappa shape index (κ3) is 2.26. The molecule has 0 radical (unpaired) electrons. The van der Waals surface area contributed by atoms with Gasteiger partial charge in [0.25, 0.3) is 0 Å². The van der Waals surface area contributed by atoms with Crippen molar-refractivity contribution in [3.8, 4) is 5.75 Å². The summed E-state index contributed by atoms with van der Waals surface area (Å²) in [5, 5.41) is 11.3. The number of likely N-dealkylation sites (N-methyl/N-ethyl adjacent to an activating group) is 1. The van der Waals surface area contributed by atoms with Crippen LogP contribution in [0.4, 0.5) is 11.4 Å². The summed E-state index contributed by atoms with van der Waals surface area (Å²) in [5.74, 6) is 0.435. The molecule has 1 atom stereocenters. The zero-order chi connectivity index (χ0) is 20.6. The molecule has 28 heavy (non-hydrogen) atoms. The molecule has 0 fully saturated rings. The maximum atomic E-state index is 11.3. The van der Waals surface area contributed by atoms with E-state index in [1.807, 2.05) is 13.1 Å². The van der Waals surface area contributed by atoms with Gasteiger partial charge in [-0.15, -0.1) is 0 Å². The molecule has 146 valence electrons. The van der Waals surface area contributed by atoms with Gasteiger partial charge in [-0.05, 0) is 51.0 Å². The number of halogens is 2. The Morgan fingerprint density at radius 2 is 1.86 bits per heavy atom. The van der Waals surface area contributed by atoms with Crippen LogP contribution < -0.4 is 9.64 Å². The fourth-order valence-corrected chi connectivity index (χ4v) is 5.22. The van der Waals surface area contributed by atoms with E-state index in [1.165, 1.54) is 22.8 Å². The van der Waals surface area contributed by atoms with Crippen molar-refractivity contribution < 1.29 is 9.66 Å². The molecule has 1 unspecified atom stereocenters. The SMILES string of the molecule is Cc1cc(C)c2c(c1)C(C)(C)C1(C=Cc3c(cc(Cl)c([N+](=O)[O-])c3Cl)O1)N2C. The largest absolute Gasteiger partial charge is 0.463 e. The smallest absolute Gasteiger partial charge is 0.307 e. The van der Waals surface area contributed by atoms with Crippen molar-refractivity contribution in [3.63, 3.8) is 0 Å². The van der Waals surface area contributed by atoms with Crippen LogP contribution in [0, 0.1) is 24.0 Å². The molecule has 7 heteroatoms. The van der Waals surface area contributed by atoms with Gasteiger partial charge in [0.15, 0.2) is 0 Å². The molecule has 2 heterocycles. The Balaban J connectivity index is 1.93. The normalized spacial score (nSPS) is 21.5. The number of ether oxygens (including phenoxy) is 1. The van der Waals surface area contributed by atoms with Crippen molar-refractivity contribution in [1.29, 1.82) is 0 Å². The lowest BCUT2D eigenvalue weighted by Crippen LogP contribution is -2.58. The maximum Gasteiger partial charge on any atom is 0.307 e. The number of anilines is 1. The number of fused-ring (bicyclic) bond motifs is 2. The highest BCUT2D eigenvalue weighted by molar-refractivity contribution is 6.39. The van der Waals surface area contributed by atoms with Crippen LogP contribution in [0.5, 0.6) is 5.75 Å². The van der Waals surface area contributed by atoms with Crippen LogP contribution in [-0.2, 0) is 5.41 Å². The second-order valence-electron chi connectivity index (χ2n) is 7.98. The first-order chi connectivity index (χ1) is 13.0. The molecule has 2 aromatic carbocycles. The molecule has 4 rings (SSSR count). The Labute approximate surface area is 173 Å². The lowest BCUT2D eigenvalue weighted by atomic mass is 9.76. The minimum atomic E-state index is -0.802. The van der Waals surface area contributed by atoms with Crippen molar-refractivity contribution in [1.82, 2.24) is 0 Å². The highest BCUT2D eigenvalue weighted by Gasteiger charge is 2.58. The molecule has 0 bridgehead atoms. The number of aryl methyl sites for hydroxylation is 2. The van der Waals surface area contributed by atoms with Gasteiger partial charge in [-0.25, -0.2) is 0 Å². The molecular weight excluding hydrogens is 399 g/mol. The summed E-state index contributed by atoms with van der Waals surface area (Å²) in [4.78, 5) is 12.9. The zero-order valence-corrected chi connectivity index (χ0v) is 17.8. The van der Waals surface area contributed by atoms with Gasteiger partial charge in [0.05, 0.1) is 10.3 Å². The van der Waals surface area contributed by atoms with Gasteiger partial charge in [0.1, 0.15) is 15.8 Å². The number of hydrogen-bond donors (Lipinski definition) is 0. The fourth-order valence-electron chi connectivity index (χ4n) is 4.58. The highest BCUT2D eigenvalue weighted by atomic mass is 35.5. The van der Waals surface area contributed by atoms with Crippen LogP contribution in [0.1, 0.15) is 36.1 Å². The number of nitro groups is 1. The molecule has 0 saturated heterocycles. The number of nitro benzene ring substituents is 1. The summed E-state index contributed by atoms with van der Waals surface area (Å²) in [6.07, 6.45) is 3.74. The van der Waals surface area contributed by atoms with E-state index in [4.69, 9.17) is 27.9 Å². The Kier molecular flexibility index (Phi) is 4.01. The van der Waals surface area contributed by atoms with Crippen molar-refractivity contribution in [2.45, 2.75) is 38.8 Å². The summed E-state index contributed by atoms with van der Waals surface area (Å²) >= 11 is 12.4. The first kappa shape index (κ1) is 19.1. The number of nitrogens with zero attached hydrogens (tertiary/aromatic N) is 2. The van der Waals surface area contributed by atoms with E-state index in [1.54, 1.807) is 6.08 Å². The van der Waals surface area contributed by atoms with Gasteiger partial charge in [0, 0.05) is 24.4 Å². The van der Waals surface area contributed by atoms with Gasteiger partial charge >= 0.3 is 5.69 Å². The number of benzene rings is 2.